The fourth-order valence-corrected chi connectivity index (χ4v) is 2.74. The normalized spacial score (nSPS) is 15.8. The van der Waals surface area contributed by atoms with E-state index in [-0.39, 0.29) is 12.4 Å². The molecule has 0 aliphatic carbocycles. The molecule has 2 aromatic carbocycles. The zero-order chi connectivity index (χ0) is 17.7. The van der Waals surface area contributed by atoms with Gasteiger partial charge in [0.25, 0.3) is 0 Å². The summed E-state index contributed by atoms with van der Waals surface area (Å²) in [6.45, 7) is 4.94. The highest BCUT2D eigenvalue weighted by Gasteiger charge is 2.39. The van der Waals surface area contributed by atoms with E-state index in [2.05, 4.69) is 12.1 Å². The minimum atomic E-state index is -0.732. The standard InChI is InChI=1S/C21H24O4/c1-21(2,20-23-13-6-14-24-20)19(22)15-25-18-11-9-17(10-12-18)16-7-4-3-5-8-16/h3-5,7-12,20H,6,13-15H2,1-2H3. The Kier molecular flexibility index (Phi) is 5.51. The monoisotopic (exact) mass is 340 g/mol. The van der Waals surface area contributed by atoms with Gasteiger partial charge in [-0.05, 0) is 43.5 Å². The van der Waals surface area contributed by atoms with Crippen LogP contribution in [0.2, 0.25) is 0 Å². The van der Waals surface area contributed by atoms with Gasteiger partial charge in [0.05, 0.1) is 18.6 Å². The average molecular weight is 340 g/mol. The summed E-state index contributed by atoms with van der Waals surface area (Å²) < 4.78 is 16.8. The van der Waals surface area contributed by atoms with Crippen molar-refractivity contribution < 1.29 is 19.0 Å². The number of carbonyl (C=O) groups is 1. The third-order valence-electron chi connectivity index (χ3n) is 4.47. The lowest BCUT2D eigenvalue weighted by Crippen LogP contribution is -2.45. The molecule has 0 aromatic heterocycles. The van der Waals surface area contributed by atoms with E-state index in [0.717, 1.165) is 17.5 Å². The molecule has 3 rings (SSSR count). The van der Waals surface area contributed by atoms with Gasteiger partial charge in [0.15, 0.2) is 12.1 Å². The Morgan fingerprint density at radius 2 is 1.60 bits per heavy atom. The van der Waals surface area contributed by atoms with Crippen LogP contribution in [0.25, 0.3) is 11.1 Å². The molecule has 0 radical (unpaired) electrons. The molecule has 0 N–H and O–H groups in total. The summed E-state index contributed by atoms with van der Waals surface area (Å²) in [6, 6.07) is 17.9. The van der Waals surface area contributed by atoms with Crippen molar-refractivity contribution in [1.29, 1.82) is 0 Å². The first kappa shape index (κ1) is 17.6. The molecule has 0 spiro atoms. The summed E-state index contributed by atoms with van der Waals surface area (Å²) in [4.78, 5) is 12.5. The summed E-state index contributed by atoms with van der Waals surface area (Å²) in [7, 11) is 0. The van der Waals surface area contributed by atoms with E-state index in [4.69, 9.17) is 14.2 Å². The maximum absolute atomic E-state index is 12.5. The van der Waals surface area contributed by atoms with Crippen LogP contribution in [0.3, 0.4) is 0 Å². The second-order valence-corrected chi connectivity index (χ2v) is 6.75. The zero-order valence-corrected chi connectivity index (χ0v) is 14.7. The number of hydrogen-bond acceptors (Lipinski definition) is 4. The fraction of sp³-hybridized carbons (Fsp3) is 0.381. The number of ketones is 1. The van der Waals surface area contributed by atoms with E-state index < -0.39 is 11.7 Å². The second-order valence-electron chi connectivity index (χ2n) is 6.75. The lowest BCUT2D eigenvalue weighted by atomic mass is 9.87. The molecule has 4 heteroatoms. The van der Waals surface area contributed by atoms with E-state index in [1.54, 1.807) is 0 Å². The van der Waals surface area contributed by atoms with E-state index >= 15 is 0 Å². The largest absolute Gasteiger partial charge is 0.486 e. The van der Waals surface area contributed by atoms with Gasteiger partial charge < -0.3 is 14.2 Å². The predicted molar refractivity (Wildman–Crippen MR) is 96.5 cm³/mol. The Bertz CT molecular complexity index is 686. The molecule has 1 saturated heterocycles. The van der Waals surface area contributed by atoms with Gasteiger partial charge in [0.2, 0.25) is 0 Å². The number of benzene rings is 2. The molecular formula is C21H24O4. The molecule has 25 heavy (non-hydrogen) atoms. The maximum atomic E-state index is 12.5. The van der Waals surface area contributed by atoms with Crippen molar-refractivity contribution in [2.45, 2.75) is 26.6 Å². The summed E-state index contributed by atoms with van der Waals surface area (Å²) in [5, 5.41) is 0. The van der Waals surface area contributed by atoms with Gasteiger partial charge in [-0.15, -0.1) is 0 Å². The number of hydrogen-bond donors (Lipinski definition) is 0. The molecule has 1 heterocycles. The lowest BCUT2D eigenvalue weighted by molar-refractivity contribution is -0.226. The van der Waals surface area contributed by atoms with Crippen molar-refractivity contribution in [2.24, 2.45) is 5.41 Å². The van der Waals surface area contributed by atoms with E-state index in [0.29, 0.717) is 19.0 Å². The molecule has 0 bridgehead atoms. The molecule has 0 amide bonds. The van der Waals surface area contributed by atoms with E-state index in [1.807, 2.05) is 56.3 Å². The molecule has 1 fully saturated rings. The van der Waals surface area contributed by atoms with Gasteiger partial charge in [-0.2, -0.15) is 0 Å². The molecule has 132 valence electrons. The maximum Gasteiger partial charge on any atom is 0.180 e. The van der Waals surface area contributed by atoms with Gasteiger partial charge in [-0.25, -0.2) is 0 Å². The Balaban J connectivity index is 1.58. The first-order chi connectivity index (χ1) is 12.1. The summed E-state index contributed by atoms with van der Waals surface area (Å²) >= 11 is 0. The Morgan fingerprint density at radius 3 is 2.24 bits per heavy atom. The van der Waals surface area contributed by atoms with Gasteiger partial charge in [-0.1, -0.05) is 42.5 Å². The van der Waals surface area contributed by atoms with Gasteiger partial charge in [-0.3, -0.25) is 4.79 Å². The van der Waals surface area contributed by atoms with E-state index in [9.17, 15) is 4.79 Å². The highest BCUT2D eigenvalue weighted by Crippen LogP contribution is 2.29. The quantitative estimate of drug-likeness (QED) is 0.794. The van der Waals surface area contributed by atoms with Crippen LogP contribution in [0.4, 0.5) is 0 Å². The highest BCUT2D eigenvalue weighted by atomic mass is 16.7. The van der Waals surface area contributed by atoms with Crippen LogP contribution >= 0.6 is 0 Å². The molecular weight excluding hydrogens is 316 g/mol. The summed E-state index contributed by atoms with van der Waals surface area (Å²) in [5.74, 6) is 0.640. The molecule has 4 nitrogen and oxygen atoms in total. The molecule has 1 aliphatic rings. The molecule has 2 aromatic rings. The van der Waals surface area contributed by atoms with Crippen LogP contribution in [0, 0.1) is 5.41 Å². The van der Waals surface area contributed by atoms with Crippen molar-refractivity contribution in [3.8, 4) is 16.9 Å². The van der Waals surface area contributed by atoms with Crippen molar-refractivity contribution in [2.75, 3.05) is 19.8 Å². The van der Waals surface area contributed by atoms with Crippen molar-refractivity contribution in [3.63, 3.8) is 0 Å². The van der Waals surface area contributed by atoms with Crippen molar-refractivity contribution in [1.82, 2.24) is 0 Å². The van der Waals surface area contributed by atoms with Crippen molar-refractivity contribution in [3.05, 3.63) is 54.6 Å². The van der Waals surface area contributed by atoms with Crippen LogP contribution in [-0.2, 0) is 14.3 Å². The van der Waals surface area contributed by atoms with Gasteiger partial charge in [0.1, 0.15) is 12.4 Å². The fourth-order valence-electron chi connectivity index (χ4n) is 2.74. The highest BCUT2D eigenvalue weighted by molar-refractivity contribution is 5.86. The number of ether oxygens (including phenoxy) is 3. The van der Waals surface area contributed by atoms with Crippen LogP contribution < -0.4 is 4.74 Å². The zero-order valence-electron chi connectivity index (χ0n) is 14.7. The van der Waals surface area contributed by atoms with Crippen LogP contribution in [0.15, 0.2) is 54.6 Å². The molecule has 1 aliphatic heterocycles. The SMILES string of the molecule is CC(C)(C(=O)COc1ccc(-c2ccccc2)cc1)C1OCCCO1. The minimum absolute atomic E-state index is 0.000896. The Hall–Kier alpha value is -2.17. The third-order valence-corrected chi connectivity index (χ3v) is 4.47. The molecule has 0 unspecified atom stereocenters. The van der Waals surface area contributed by atoms with Crippen LogP contribution in [-0.4, -0.2) is 31.9 Å². The Morgan fingerprint density at radius 1 is 1.00 bits per heavy atom. The van der Waals surface area contributed by atoms with Gasteiger partial charge >= 0.3 is 0 Å². The first-order valence-corrected chi connectivity index (χ1v) is 8.62. The predicted octanol–water partition coefficient (Wildman–Crippen LogP) is 4.09. The third kappa shape index (κ3) is 4.27. The summed E-state index contributed by atoms with van der Waals surface area (Å²) in [6.07, 6.45) is 0.364. The number of carbonyl (C=O) groups excluding carboxylic acids is 1. The number of Topliss-reactive ketones (excluding diaryl/α,β-unsaturated/α-hetero) is 1. The minimum Gasteiger partial charge on any atom is -0.486 e. The lowest BCUT2D eigenvalue weighted by Gasteiger charge is -2.35. The number of rotatable bonds is 6. The van der Waals surface area contributed by atoms with Crippen LogP contribution in [0.5, 0.6) is 5.75 Å². The molecule has 0 atom stereocenters. The Labute approximate surface area is 148 Å². The molecule has 0 saturated carbocycles. The first-order valence-electron chi connectivity index (χ1n) is 8.62. The van der Waals surface area contributed by atoms with E-state index in [1.165, 1.54) is 0 Å². The average Bonchev–Trinajstić information content (AvgIpc) is 2.68. The van der Waals surface area contributed by atoms with Crippen LogP contribution in [0.1, 0.15) is 20.3 Å². The topological polar surface area (TPSA) is 44.8 Å². The van der Waals surface area contributed by atoms with Gasteiger partial charge in [0, 0.05) is 0 Å². The smallest absolute Gasteiger partial charge is 0.180 e. The van der Waals surface area contributed by atoms with Crippen molar-refractivity contribution >= 4 is 5.78 Å². The summed E-state index contributed by atoms with van der Waals surface area (Å²) in [5.41, 5.74) is 1.53. The second kappa shape index (κ2) is 7.81.